The maximum Gasteiger partial charge on any atom is 0.335 e. The average molecular weight is 263 g/mol. The van der Waals surface area contributed by atoms with E-state index < -0.39 is 5.97 Å². The first-order chi connectivity index (χ1) is 9.70. The molecule has 0 fully saturated rings. The van der Waals surface area contributed by atoms with Crippen molar-refractivity contribution in [3.8, 4) is 11.8 Å². The lowest BCUT2D eigenvalue weighted by atomic mass is 10.2. The lowest BCUT2D eigenvalue weighted by Gasteiger charge is -2.03. The second-order valence-electron chi connectivity index (χ2n) is 4.24. The first kappa shape index (κ1) is 11.9. The Kier molecular flexibility index (Phi) is 2.70. The summed E-state index contributed by atoms with van der Waals surface area (Å²) in [5.74, 6) is -0.973. The number of carboxylic acids is 1. The number of aromatic nitrogens is 2. The summed E-state index contributed by atoms with van der Waals surface area (Å²) >= 11 is 0. The van der Waals surface area contributed by atoms with Crippen LogP contribution in [-0.2, 0) is 0 Å². The number of aromatic carboxylic acids is 1. The largest absolute Gasteiger partial charge is 0.478 e. The number of carbonyl (C=O) groups is 1. The molecule has 0 aliphatic heterocycles. The van der Waals surface area contributed by atoms with Gasteiger partial charge in [-0.3, -0.25) is 0 Å². The Balaban J connectivity index is 2.20. The van der Waals surface area contributed by atoms with Gasteiger partial charge in [0.05, 0.1) is 16.8 Å². The number of benzene rings is 2. The third-order valence-electron chi connectivity index (χ3n) is 3.05. The van der Waals surface area contributed by atoms with Gasteiger partial charge in [-0.25, -0.2) is 9.48 Å². The molecule has 20 heavy (non-hydrogen) atoms. The molecule has 0 radical (unpaired) electrons. The van der Waals surface area contributed by atoms with Crippen LogP contribution in [0.5, 0.6) is 0 Å². The molecule has 0 spiro atoms. The van der Waals surface area contributed by atoms with E-state index >= 15 is 0 Å². The molecule has 96 valence electrons. The SMILES string of the molecule is N#Cc1nn(-c2ccc(C(=O)O)cc2)c2ccccc12. The summed E-state index contributed by atoms with van der Waals surface area (Å²) in [6.07, 6.45) is 0. The molecule has 3 rings (SSSR count). The van der Waals surface area contributed by atoms with Crippen LogP contribution in [0.15, 0.2) is 48.5 Å². The zero-order valence-electron chi connectivity index (χ0n) is 10.3. The summed E-state index contributed by atoms with van der Waals surface area (Å²) < 4.78 is 1.64. The number of fused-ring (bicyclic) bond motifs is 1. The topological polar surface area (TPSA) is 78.9 Å². The molecular formula is C15H9N3O2. The predicted octanol–water partition coefficient (Wildman–Crippen LogP) is 2.60. The fourth-order valence-electron chi connectivity index (χ4n) is 2.09. The zero-order chi connectivity index (χ0) is 14.1. The monoisotopic (exact) mass is 263 g/mol. The number of nitrogens with zero attached hydrogens (tertiary/aromatic N) is 3. The number of carboxylic acid groups (broad SMARTS) is 1. The van der Waals surface area contributed by atoms with Crippen LogP contribution in [0.2, 0.25) is 0 Å². The van der Waals surface area contributed by atoms with Gasteiger partial charge in [0.2, 0.25) is 0 Å². The summed E-state index contributed by atoms with van der Waals surface area (Å²) in [6.45, 7) is 0. The van der Waals surface area contributed by atoms with Gasteiger partial charge in [0.1, 0.15) is 6.07 Å². The van der Waals surface area contributed by atoms with Crippen LogP contribution in [0, 0.1) is 11.3 Å². The van der Waals surface area contributed by atoms with Crippen LogP contribution in [0.25, 0.3) is 16.6 Å². The van der Waals surface area contributed by atoms with Crippen molar-refractivity contribution < 1.29 is 9.90 Å². The van der Waals surface area contributed by atoms with Crippen molar-refractivity contribution in [2.75, 3.05) is 0 Å². The van der Waals surface area contributed by atoms with Crippen molar-refractivity contribution in [1.82, 2.24) is 9.78 Å². The van der Waals surface area contributed by atoms with Gasteiger partial charge in [0, 0.05) is 5.39 Å². The zero-order valence-corrected chi connectivity index (χ0v) is 10.3. The highest BCUT2D eigenvalue weighted by molar-refractivity contribution is 5.88. The van der Waals surface area contributed by atoms with E-state index in [1.807, 2.05) is 24.3 Å². The number of hydrogen-bond donors (Lipinski definition) is 1. The van der Waals surface area contributed by atoms with E-state index in [-0.39, 0.29) is 5.56 Å². The lowest BCUT2D eigenvalue weighted by molar-refractivity contribution is 0.0697. The number of hydrogen-bond acceptors (Lipinski definition) is 3. The molecule has 0 amide bonds. The van der Waals surface area contributed by atoms with Crippen molar-refractivity contribution in [3.05, 3.63) is 59.8 Å². The second kappa shape index (κ2) is 4.52. The summed E-state index contributed by atoms with van der Waals surface area (Å²) in [6, 6.07) is 15.9. The predicted molar refractivity (Wildman–Crippen MR) is 72.7 cm³/mol. The summed E-state index contributed by atoms with van der Waals surface area (Å²) in [5.41, 5.74) is 2.09. The molecule has 1 N–H and O–H groups in total. The van der Waals surface area contributed by atoms with Crippen LogP contribution in [0.1, 0.15) is 16.1 Å². The van der Waals surface area contributed by atoms with E-state index in [1.54, 1.807) is 16.8 Å². The Hall–Kier alpha value is -3.13. The quantitative estimate of drug-likeness (QED) is 0.770. The van der Waals surface area contributed by atoms with E-state index in [9.17, 15) is 4.79 Å². The first-order valence-corrected chi connectivity index (χ1v) is 5.92. The normalized spacial score (nSPS) is 10.3. The fourth-order valence-corrected chi connectivity index (χ4v) is 2.09. The molecule has 1 aromatic heterocycles. The number of para-hydroxylation sites is 1. The van der Waals surface area contributed by atoms with Crippen molar-refractivity contribution >= 4 is 16.9 Å². The highest BCUT2D eigenvalue weighted by Crippen LogP contribution is 2.21. The molecule has 5 nitrogen and oxygen atoms in total. The molecular weight excluding hydrogens is 254 g/mol. The second-order valence-corrected chi connectivity index (χ2v) is 4.24. The maximum atomic E-state index is 10.8. The van der Waals surface area contributed by atoms with Gasteiger partial charge >= 0.3 is 5.97 Å². The van der Waals surface area contributed by atoms with E-state index in [0.29, 0.717) is 11.4 Å². The Labute approximate surface area is 114 Å². The number of nitriles is 1. The third-order valence-corrected chi connectivity index (χ3v) is 3.05. The molecule has 2 aromatic carbocycles. The van der Waals surface area contributed by atoms with Gasteiger partial charge in [-0.15, -0.1) is 0 Å². The Morgan fingerprint density at radius 2 is 1.85 bits per heavy atom. The Morgan fingerprint density at radius 3 is 2.50 bits per heavy atom. The van der Waals surface area contributed by atoms with Gasteiger partial charge in [0.15, 0.2) is 5.69 Å². The third kappa shape index (κ3) is 1.80. The van der Waals surface area contributed by atoms with Gasteiger partial charge in [-0.1, -0.05) is 12.1 Å². The van der Waals surface area contributed by atoms with E-state index in [0.717, 1.165) is 10.9 Å². The van der Waals surface area contributed by atoms with Gasteiger partial charge in [-0.05, 0) is 36.4 Å². The minimum Gasteiger partial charge on any atom is -0.478 e. The molecule has 5 heteroatoms. The van der Waals surface area contributed by atoms with Crippen LogP contribution in [-0.4, -0.2) is 20.9 Å². The van der Waals surface area contributed by atoms with Gasteiger partial charge in [0.25, 0.3) is 0 Å². The van der Waals surface area contributed by atoms with Crippen molar-refractivity contribution in [2.24, 2.45) is 0 Å². The molecule has 0 saturated heterocycles. The molecule has 0 aliphatic carbocycles. The maximum absolute atomic E-state index is 10.8. The van der Waals surface area contributed by atoms with E-state index in [2.05, 4.69) is 11.2 Å². The fraction of sp³-hybridized carbons (Fsp3) is 0. The number of rotatable bonds is 2. The smallest absolute Gasteiger partial charge is 0.335 e. The summed E-state index contributed by atoms with van der Waals surface area (Å²) in [5, 5.41) is 23.0. The molecule has 1 heterocycles. The molecule has 0 saturated carbocycles. The average Bonchev–Trinajstić information content (AvgIpc) is 2.86. The van der Waals surface area contributed by atoms with Crippen molar-refractivity contribution in [3.63, 3.8) is 0 Å². The van der Waals surface area contributed by atoms with E-state index in [1.165, 1.54) is 12.1 Å². The highest BCUT2D eigenvalue weighted by atomic mass is 16.4. The minimum atomic E-state index is -0.973. The molecule has 3 aromatic rings. The summed E-state index contributed by atoms with van der Waals surface area (Å²) in [4.78, 5) is 10.8. The highest BCUT2D eigenvalue weighted by Gasteiger charge is 2.11. The molecule has 0 aliphatic rings. The van der Waals surface area contributed by atoms with Crippen LogP contribution in [0.4, 0.5) is 0 Å². The molecule has 0 bridgehead atoms. The van der Waals surface area contributed by atoms with E-state index in [4.69, 9.17) is 10.4 Å². The van der Waals surface area contributed by atoms with Crippen molar-refractivity contribution in [1.29, 1.82) is 5.26 Å². The molecule has 0 atom stereocenters. The standard InChI is InChI=1S/C15H9N3O2/c16-9-13-12-3-1-2-4-14(12)18(17-13)11-7-5-10(6-8-11)15(19)20/h1-8H,(H,19,20). The van der Waals surface area contributed by atoms with Gasteiger partial charge in [-0.2, -0.15) is 10.4 Å². The summed E-state index contributed by atoms with van der Waals surface area (Å²) in [7, 11) is 0. The van der Waals surface area contributed by atoms with Crippen LogP contribution in [0.3, 0.4) is 0 Å². The van der Waals surface area contributed by atoms with Crippen LogP contribution >= 0.6 is 0 Å². The Bertz CT molecular complexity index is 842. The van der Waals surface area contributed by atoms with Crippen molar-refractivity contribution in [2.45, 2.75) is 0 Å². The minimum absolute atomic E-state index is 0.214. The van der Waals surface area contributed by atoms with Crippen LogP contribution < -0.4 is 0 Å². The Morgan fingerprint density at radius 1 is 1.15 bits per heavy atom. The lowest BCUT2D eigenvalue weighted by Crippen LogP contribution is -1.99. The molecule has 0 unspecified atom stereocenters. The first-order valence-electron chi connectivity index (χ1n) is 5.92. The van der Waals surface area contributed by atoms with Gasteiger partial charge < -0.3 is 5.11 Å².